The Labute approximate surface area is 172 Å². The predicted octanol–water partition coefficient (Wildman–Crippen LogP) is 4.23. The van der Waals surface area contributed by atoms with Gasteiger partial charge in [0.25, 0.3) is 5.91 Å². The lowest BCUT2D eigenvalue weighted by molar-refractivity contribution is -0.153. The van der Waals surface area contributed by atoms with Crippen molar-refractivity contribution in [3.8, 4) is 5.75 Å². The van der Waals surface area contributed by atoms with E-state index in [9.17, 15) is 4.79 Å². The van der Waals surface area contributed by atoms with Crippen LogP contribution >= 0.6 is 34.2 Å². The van der Waals surface area contributed by atoms with Gasteiger partial charge in [0.15, 0.2) is 0 Å². The summed E-state index contributed by atoms with van der Waals surface area (Å²) in [5, 5.41) is 0.715. The summed E-state index contributed by atoms with van der Waals surface area (Å²) in [6, 6.07) is 11.7. The summed E-state index contributed by atoms with van der Waals surface area (Å²) < 4.78 is 12.0. The summed E-state index contributed by atoms with van der Waals surface area (Å²) >= 11 is 8.38. The lowest BCUT2D eigenvalue weighted by atomic mass is 10.0. The first-order chi connectivity index (χ1) is 12.5. The molecule has 1 aliphatic rings. The maximum Gasteiger partial charge on any atom is 0.252 e. The van der Waals surface area contributed by atoms with E-state index in [1.165, 1.54) is 0 Å². The average Bonchev–Trinajstić information content (AvgIpc) is 2.61. The van der Waals surface area contributed by atoms with Crippen LogP contribution in [0.2, 0.25) is 5.02 Å². The van der Waals surface area contributed by atoms with Crippen LogP contribution in [0, 0.1) is 10.5 Å². The van der Waals surface area contributed by atoms with E-state index in [-0.39, 0.29) is 5.91 Å². The SMILES string of the molecule is COc1ccc(CN2CCOC(Cc3c(C)cc(Cl)cc3I)C2=O)cc1. The molecule has 0 aromatic heterocycles. The molecule has 0 aliphatic carbocycles. The molecule has 1 saturated heterocycles. The first kappa shape index (κ1) is 19.5. The van der Waals surface area contributed by atoms with Crippen LogP contribution in [0.1, 0.15) is 16.7 Å². The number of methoxy groups -OCH3 is 1. The van der Waals surface area contributed by atoms with Crippen molar-refractivity contribution in [3.05, 3.63) is 61.7 Å². The minimum absolute atomic E-state index is 0.0391. The van der Waals surface area contributed by atoms with Crippen molar-refractivity contribution in [3.63, 3.8) is 0 Å². The van der Waals surface area contributed by atoms with Gasteiger partial charge in [-0.15, -0.1) is 0 Å². The number of hydrogen-bond donors (Lipinski definition) is 0. The number of benzene rings is 2. The van der Waals surface area contributed by atoms with Gasteiger partial charge < -0.3 is 14.4 Å². The summed E-state index contributed by atoms with van der Waals surface area (Å²) in [6.07, 6.45) is 0.120. The largest absolute Gasteiger partial charge is 0.497 e. The number of morpholine rings is 1. The van der Waals surface area contributed by atoms with E-state index in [1.807, 2.05) is 48.2 Å². The van der Waals surface area contributed by atoms with E-state index >= 15 is 0 Å². The molecule has 3 rings (SSSR count). The van der Waals surface area contributed by atoms with E-state index in [0.717, 1.165) is 26.0 Å². The number of hydrogen-bond acceptors (Lipinski definition) is 3. The molecule has 26 heavy (non-hydrogen) atoms. The van der Waals surface area contributed by atoms with Gasteiger partial charge in [-0.05, 0) is 70.5 Å². The van der Waals surface area contributed by atoms with Crippen molar-refractivity contribution >= 4 is 40.1 Å². The number of rotatable bonds is 5. The van der Waals surface area contributed by atoms with Crippen molar-refractivity contribution in [2.45, 2.75) is 26.0 Å². The normalized spacial score (nSPS) is 17.5. The highest BCUT2D eigenvalue weighted by Gasteiger charge is 2.30. The van der Waals surface area contributed by atoms with Gasteiger partial charge in [-0.2, -0.15) is 0 Å². The molecule has 1 heterocycles. The van der Waals surface area contributed by atoms with Crippen molar-refractivity contribution in [1.82, 2.24) is 4.90 Å². The number of ether oxygens (including phenoxy) is 2. The minimum Gasteiger partial charge on any atom is -0.497 e. The maximum atomic E-state index is 12.9. The zero-order valence-corrected chi connectivity index (χ0v) is 17.7. The third-order valence-electron chi connectivity index (χ3n) is 4.57. The van der Waals surface area contributed by atoms with Crippen molar-refractivity contribution in [2.75, 3.05) is 20.3 Å². The molecule has 1 aliphatic heterocycles. The summed E-state index contributed by atoms with van der Waals surface area (Å²) in [6.45, 7) is 3.76. The van der Waals surface area contributed by atoms with Crippen LogP contribution < -0.4 is 4.74 Å². The van der Waals surface area contributed by atoms with Crippen LogP contribution in [0.3, 0.4) is 0 Å². The molecule has 0 saturated carbocycles. The molecule has 138 valence electrons. The lowest BCUT2D eigenvalue weighted by Gasteiger charge is -2.33. The predicted molar refractivity (Wildman–Crippen MR) is 111 cm³/mol. The number of halogens is 2. The Balaban J connectivity index is 1.71. The van der Waals surface area contributed by atoms with Crippen molar-refractivity contribution in [1.29, 1.82) is 0 Å². The fourth-order valence-corrected chi connectivity index (χ4v) is 4.56. The van der Waals surface area contributed by atoms with Gasteiger partial charge in [0.2, 0.25) is 0 Å². The first-order valence-electron chi connectivity index (χ1n) is 8.45. The fraction of sp³-hybridized carbons (Fsp3) is 0.350. The van der Waals surface area contributed by atoms with Gasteiger partial charge in [-0.3, -0.25) is 4.79 Å². The molecule has 1 fully saturated rings. The highest BCUT2D eigenvalue weighted by Crippen LogP contribution is 2.25. The molecular formula is C20H21ClINO3. The Morgan fingerprint density at radius 3 is 2.69 bits per heavy atom. The molecule has 2 aromatic carbocycles. The van der Waals surface area contributed by atoms with Gasteiger partial charge in [0.1, 0.15) is 11.9 Å². The van der Waals surface area contributed by atoms with E-state index in [0.29, 0.717) is 31.1 Å². The van der Waals surface area contributed by atoms with Gasteiger partial charge >= 0.3 is 0 Å². The Hall–Kier alpha value is -1.31. The fourth-order valence-electron chi connectivity index (χ4n) is 3.12. The first-order valence-corrected chi connectivity index (χ1v) is 9.91. The lowest BCUT2D eigenvalue weighted by Crippen LogP contribution is -2.48. The Morgan fingerprint density at radius 2 is 2.04 bits per heavy atom. The monoisotopic (exact) mass is 485 g/mol. The van der Waals surface area contributed by atoms with Crippen LogP contribution in [0.5, 0.6) is 5.75 Å². The zero-order chi connectivity index (χ0) is 18.7. The molecule has 0 bridgehead atoms. The smallest absolute Gasteiger partial charge is 0.252 e. The zero-order valence-electron chi connectivity index (χ0n) is 14.8. The Bertz CT molecular complexity index is 771. The number of carbonyl (C=O) groups is 1. The van der Waals surface area contributed by atoms with Crippen molar-refractivity contribution in [2.24, 2.45) is 0 Å². The molecule has 1 atom stereocenters. The van der Waals surface area contributed by atoms with Gasteiger partial charge in [0.05, 0.1) is 13.7 Å². The molecule has 0 spiro atoms. The van der Waals surface area contributed by atoms with E-state index in [1.54, 1.807) is 7.11 Å². The second-order valence-electron chi connectivity index (χ2n) is 6.35. The van der Waals surface area contributed by atoms with E-state index in [4.69, 9.17) is 21.1 Å². The van der Waals surface area contributed by atoms with Crippen LogP contribution in [0.25, 0.3) is 0 Å². The van der Waals surface area contributed by atoms with Gasteiger partial charge in [-0.1, -0.05) is 23.7 Å². The highest BCUT2D eigenvalue weighted by atomic mass is 127. The minimum atomic E-state index is -0.449. The van der Waals surface area contributed by atoms with Crippen LogP contribution in [0.4, 0.5) is 0 Å². The van der Waals surface area contributed by atoms with Crippen LogP contribution in [-0.4, -0.2) is 37.2 Å². The molecule has 4 nitrogen and oxygen atoms in total. The second kappa shape index (κ2) is 8.59. The van der Waals surface area contributed by atoms with E-state index < -0.39 is 6.10 Å². The van der Waals surface area contributed by atoms with Gasteiger partial charge in [0, 0.05) is 28.1 Å². The Kier molecular flexibility index (Phi) is 6.42. The number of aryl methyl sites for hydroxylation is 1. The average molecular weight is 486 g/mol. The summed E-state index contributed by atoms with van der Waals surface area (Å²) in [4.78, 5) is 14.8. The summed E-state index contributed by atoms with van der Waals surface area (Å²) in [5.74, 6) is 0.852. The molecule has 1 amide bonds. The second-order valence-corrected chi connectivity index (χ2v) is 7.95. The quantitative estimate of drug-likeness (QED) is 0.595. The number of nitrogens with zero attached hydrogens (tertiary/aromatic N) is 1. The van der Waals surface area contributed by atoms with Gasteiger partial charge in [-0.25, -0.2) is 0 Å². The molecule has 1 unspecified atom stereocenters. The standard InChI is InChI=1S/C20H21ClINO3/c1-13-9-15(21)10-18(22)17(13)11-19-20(24)23(7-8-26-19)12-14-3-5-16(25-2)6-4-14/h3-6,9-10,19H,7-8,11-12H2,1-2H3. The summed E-state index contributed by atoms with van der Waals surface area (Å²) in [5.41, 5.74) is 3.29. The third kappa shape index (κ3) is 4.50. The Morgan fingerprint density at radius 1 is 1.31 bits per heavy atom. The molecular weight excluding hydrogens is 465 g/mol. The van der Waals surface area contributed by atoms with Crippen LogP contribution in [-0.2, 0) is 22.5 Å². The molecule has 0 N–H and O–H groups in total. The van der Waals surface area contributed by atoms with Crippen molar-refractivity contribution < 1.29 is 14.3 Å². The maximum absolute atomic E-state index is 12.9. The molecule has 6 heteroatoms. The summed E-state index contributed by atoms with van der Waals surface area (Å²) in [7, 11) is 1.64. The molecule has 2 aromatic rings. The topological polar surface area (TPSA) is 38.8 Å². The molecule has 0 radical (unpaired) electrons. The van der Waals surface area contributed by atoms with Crippen LogP contribution in [0.15, 0.2) is 36.4 Å². The third-order valence-corrected chi connectivity index (χ3v) is 5.75. The number of amides is 1. The highest BCUT2D eigenvalue weighted by molar-refractivity contribution is 14.1. The number of carbonyl (C=O) groups excluding carboxylic acids is 1. The van der Waals surface area contributed by atoms with E-state index in [2.05, 4.69) is 22.6 Å².